The Balaban J connectivity index is 2.05. The van der Waals surface area contributed by atoms with Crippen LogP contribution in [0.2, 0.25) is 0 Å². The summed E-state index contributed by atoms with van der Waals surface area (Å²) in [5.41, 5.74) is 1.40. The van der Waals surface area contributed by atoms with Crippen molar-refractivity contribution in [2.24, 2.45) is 0 Å². The summed E-state index contributed by atoms with van der Waals surface area (Å²) in [4.78, 5) is 0. The van der Waals surface area contributed by atoms with E-state index in [4.69, 9.17) is 0 Å². The molecule has 0 amide bonds. The van der Waals surface area contributed by atoms with Gasteiger partial charge >= 0.3 is 0 Å². The van der Waals surface area contributed by atoms with Crippen LogP contribution in [0.4, 0.5) is 0 Å². The summed E-state index contributed by atoms with van der Waals surface area (Å²) in [5.74, 6) is 0. The van der Waals surface area contributed by atoms with E-state index in [9.17, 15) is 0 Å². The monoisotopic (exact) mass is 334 g/mol. The van der Waals surface area contributed by atoms with E-state index in [1.165, 1.54) is 21.5 Å². The van der Waals surface area contributed by atoms with Gasteiger partial charge in [-0.2, -0.15) is 0 Å². The maximum atomic E-state index is 2.40. The minimum Gasteiger partial charge on any atom is -0.327 e. The summed E-state index contributed by atoms with van der Waals surface area (Å²) >= 11 is 0. The highest BCUT2D eigenvalue weighted by molar-refractivity contribution is 7.79. The standard InChI is InChI=1S/C22H25NP/c1-23(2,3)18-19-11-10-16-22(17-19)24(20-12-6-4-7-13-20)21-14-8-5-9-15-21/h4-17H,18H2,1-3H3/q+1. The van der Waals surface area contributed by atoms with Gasteiger partial charge in [-0.1, -0.05) is 78.9 Å². The fourth-order valence-electron chi connectivity index (χ4n) is 2.94. The van der Waals surface area contributed by atoms with Gasteiger partial charge in [0.2, 0.25) is 0 Å². The van der Waals surface area contributed by atoms with Gasteiger partial charge in [0, 0.05) is 5.56 Å². The summed E-state index contributed by atoms with van der Waals surface area (Å²) in [6.07, 6.45) is 0. The fourth-order valence-corrected chi connectivity index (χ4v) is 5.31. The van der Waals surface area contributed by atoms with Gasteiger partial charge in [-0.3, -0.25) is 0 Å². The van der Waals surface area contributed by atoms with Gasteiger partial charge in [0.05, 0.1) is 21.1 Å². The normalized spacial score (nSPS) is 11.7. The fraction of sp³-hybridized carbons (Fsp3) is 0.182. The van der Waals surface area contributed by atoms with Crippen molar-refractivity contribution in [2.75, 3.05) is 21.1 Å². The van der Waals surface area contributed by atoms with Crippen LogP contribution in [0.3, 0.4) is 0 Å². The van der Waals surface area contributed by atoms with Gasteiger partial charge in [0.25, 0.3) is 0 Å². The molecule has 122 valence electrons. The van der Waals surface area contributed by atoms with E-state index in [-0.39, 0.29) is 0 Å². The first-order valence-corrected chi connectivity index (χ1v) is 9.67. The minimum absolute atomic E-state index is 0.511. The first-order chi connectivity index (χ1) is 11.5. The second kappa shape index (κ2) is 7.30. The molecule has 0 aromatic heterocycles. The average molecular weight is 334 g/mol. The first-order valence-electron chi connectivity index (χ1n) is 8.32. The van der Waals surface area contributed by atoms with Crippen molar-refractivity contribution in [1.82, 2.24) is 0 Å². The average Bonchev–Trinajstić information content (AvgIpc) is 2.56. The molecule has 2 heteroatoms. The summed E-state index contributed by atoms with van der Waals surface area (Å²) in [6, 6.07) is 30.9. The van der Waals surface area contributed by atoms with Crippen molar-refractivity contribution in [2.45, 2.75) is 6.54 Å². The molecule has 0 aliphatic heterocycles. The second-order valence-corrected chi connectivity index (χ2v) is 9.34. The van der Waals surface area contributed by atoms with Crippen LogP contribution in [-0.2, 0) is 6.54 Å². The summed E-state index contributed by atoms with van der Waals surface area (Å²) in [7, 11) is 6.21. The molecule has 0 unspecified atom stereocenters. The third-order valence-corrected chi connectivity index (χ3v) is 6.28. The number of benzene rings is 3. The van der Waals surface area contributed by atoms with Gasteiger partial charge in [0.1, 0.15) is 6.54 Å². The van der Waals surface area contributed by atoms with Crippen molar-refractivity contribution in [3.63, 3.8) is 0 Å². The van der Waals surface area contributed by atoms with Crippen molar-refractivity contribution < 1.29 is 4.48 Å². The van der Waals surface area contributed by atoms with Crippen molar-refractivity contribution in [3.8, 4) is 0 Å². The molecule has 0 saturated heterocycles. The molecule has 0 bridgehead atoms. The second-order valence-electron chi connectivity index (χ2n) is 7.12. The zero-order chi connectivity index (χ0) is 17.0. The zero-order valence-electron chi connectivity index (χ0n) is 14.7. The highest BCUT2D eigenvalue weighted by atomic mass is 31.1. The van der Waals surface area contributed by atoms with Gasteiger partial charge in [-0.05, 0) is 29.9 Å². The molecule has 0 saturated carbocycles. The van der Waals surface area contributed by atoms with Crippen LogP contribution in [0.15, 0.2) is 84.9 Å². The molecule has 0 aliphatic carbocycles. The quantitative estimate of drug-likeness (QED) is 0.493. The molecule has 0 spiro atoms. The maximum Gasteiger partial charge on any atom is 0.104 e. The Morgan fingerprint density at radius 3 is 1.62 bits per heavy atom. The smallest absolute Gasteiger partial charge is 0.104 e. The van der Waals surface area contributed by atoms with Crippen LogP contribution in [0.1, 0.15) is 5.56 Å². The molecular weight excluding hydrogens is 309 g/mol. The lowest BCUT2D eigenvalue weighted by Gasteiger charge is -2.25. The van der Waals surface area contributed by atoms with Gasteiger partial charge in [0.15, 0.2) is 0 Å². The molecule has 3 rings (SSSR count). The predicted molar refractivity (Wildman–Crippen MR) is 107 cm³/mol. The molecule has 3 aromatic rings. The highest BCUT2D eigenvalue weighted by Gasteiger charge is 2.17. The van der Waals surface area contributed by atoms with Crippen LogP contribution < -0.4 is 15.9 Å². The molecular formula is C22H25NP+. The van der Waals surface area contributed by atoms with Crippen LogP contribution in [-0.4, -0.2) is 25.6 Å². The third-order valence-electron chi connectivity index (χ3n) is 3.85. The lowest BCUT2D eigenvalue weighted by atomic mass is 10.2. The molecule has 24 heavy (non-hydrogen) atoms. The molecule has 0 radical (unpaired) electrons. The highest BCUT2D eigenvalue weighted by Crippen LogP contribution is 2.32. The van der Waals surface area contributed by atoms with Crippen molar-refractivity contribution >= 4 is 23.8 Å². The molecule has 0 aliphatic rings. The Morgan fingerprint density at radius 1 is 0.625 bits per heavy atom. The zero-order valence-corrected chi connectivity index (χ0v) is 15.6. The SMILES string of the molecule is C[N+](C)(C)Cc1cccc(P(c2ccccc2)c2ccccc2)c1. The van der Waals surface area contributed by atoms with E-state index < -0.39 is 7.92 Å². The topological polar surface area (TPSA) is 0 Å². The largest absolute Gasteiger partial charge is 0.327 e. The third kappa shape index (κ3) is 4.32. The van der Waals surface area contributed by atoms with Crippen LogP contribution in [0.25, 0.3) is 0 Å². The summed E-state index contributed by atoms with van der Waals surface area (Å²) in [6.45, 7) is 1.04. The molecule has 0 heterocycles. The molecule has 0 N–H and O–H groups in total. The Hall–Kier alpha value is -1.95. The van der Waals surface area contributed by atoms with E-state index in [1.54, 1.807) is 0 Å². The van der Waals surface area contributed by atoms with Gasteiger partial charge in [-0.25, -0.2) is 0 Å². The summed E-state index contributed by atoms with van der Waals surface area (Å²) < 4.78 is 0.943. The number of hydrogen-bond acceptors (Lipinski definition) is 0. The molecule has 3 aromatic carbocycles. The number of rotatable bonds is 5. The number of nitrogens with zero attached hydrogens (tertiary/aromatic N) is 1. The van der Waals surface area contributed by atoms with Crippen molar-refractivity contribution in [3.05, 3.63) is 90.5 Å². The van der Waals surface area contributed by atoms with E-state index in [2.05, 4.69) is 106 Å². The molecule has 0 fully saturated rings. The van der Waals surface area contributed by atoms with Crippen LogP contribution in [0.5, 0.6) is 0 Å². The van der Waals surface area contributed by atoms with E-state index in [1.807, 2.05) is 0 Å². The Morgan fingerprint density at radius 2 is 1.12 bits per heavy atom. The van der Waals surface area contributed by atoms with E-state index in [0.29, 0.717) is 0 Å². The molecule has 0 atom stereocenters. The maximum absolute atomic E-state index is 2.40. The van der Waals surface area contributed by atoms with E-state index >= 15 is 0 Å². The van der Waals surface area contributed by atoms with Gasteiger partial charge < -0.3 is 4.48 Å². The first kappa shape index (κ1) is 16.9. The predicted octanol–water partition coefficient (Wildman–Crippen LogP) is 3.65. The van der Waals surface area contributed by atoms with Crippen LogP contribution >= 0.6 is 7.92 Å². The van der Waals surface area contributed by atoms with Crippen molar-refractivity contribution in [1.29, 1.82) is 0 Å². The van der Waals surface area contributed by atoms with Gasteiger partial charge in [-0.15, -0.1) is 0 Å². The lowest BCUT2D eigenvalue weighted by molar-refractivity contribution is -0.883. The lowest BCUT2D eigenvalue weighted by Crippen LogP contribution is -2.33. The Kier molecular flexibility index (Phi) is 5.14. The minimum atomic E-state index is -0.511. The summed E-state index contributed by atoms with van der Waals surface area (Å²) in [5, 5.41) is 4.23. The van der Waals surface area contributed by atoms with E-state index in [0.717, 1.165) is 11.0 Å². The molecule has 1 nitrogen and oxygen atoms in total. The number of quaternary nitrogens is 1. The Labute approximate surface area is 146 Å². The van der Waals surface area contributed by atoms with Crippen LogP contribution in [0, 0.1) is 0 Å². The Bertz CT molecular complexity index is 736. The number of hydrogen-bond donors (Lipinski definition) is 0.